The zero-order valence-electron chi connectivity index (χ0n) is 38.8. The zero-order chi connectivity index (χ0) is 47.9. The molecule has 1 fully saturated rings. The van der Waals surface area contributed by atoms with Crippen LogP contribution in [0.15, 0.2) is 109 Å². The van der Waals surface area contributed by atoms with Crippen LogP contribution in [0.1, 0.15) is 74.8 Å². The topological polar surface area (TPSA) is 49.4 Å². The number of alkyl halides is 6. The molecule has 1 heterocycles. The number of fused-ring (bicyclic) bond motifs is 10. The Morgan fingerprint density at radius 3 is 1.67 bits per heavy atom. The lowest BCUT2D eigenvalue weighted by atomic mass is 9.52. The molecular weight excluding hydrogens is 869 g/mol. The summed E-state index contributed by atoms with van der Waals surface area (Å²) >= 11 is 0. The van der Waals surface area contributed by atoms with E-state index >= 15 is 0 Å². The first-order valence-corrected chi connectivity index (χ1v) is 22.2. The van der Waals surface area contributed by atoms with E-state index in [4.69, 9.17) is 23.7 Å². The van der Waals surface area contributed by atoms with Crippen LogP contribution in [0.4, 0.5) is 32.0 Å². The van der Waals surface area contributed by atoms with Crippen LogP contribution >= 0.6 is 0 Å². The van der Waals surface area contributed by atoms with Gasteiger partial charge in [-0.2, -0.15) is 26.3 Å². The third kappa shape index (κ3) is 8.09. The van der Waals surface area contributed by atoms with Crippen LogP contribution in [0.25, 0.3) is 39.1 Å². The summed E-state index contributed by atoms with van der Waals surface area (Å²) in [7, 11) is 6.03. The van der Waals surface area contributed by atoms with Gasteiger partial charge in [0.05, 0.1) is 28.4 Å². The summed E-state index contributed by atoms with van der Waals surface area (Å²) in [6.45, 7) is 5.36. The maximum absolute atomic E-state index is 14.7. The second-order valence-electron chi connectivity index (χ2n) is 19.7. The smallest absolute Gasteiger partial charge is 0.405 e. The predicted molar refractivity (Wildman–Crippen MR) is 251 cm³/mol. The van der Waals surface area contributed by atoms with E-state index in [1.807, 2.05) is 66.7 Å². The Kier molecular flexibility index (Phi) is 11.1. The van der Waals surface area contributed by atoms with E-state index in [0.29, 0.717) is 38.7 Å². The molecule has 1 saturated carbocycles. The lowest BCUT2D eigenvalue weighted by molar-refractivity contribution is -0.137. The molecule has 0 atom stereocenters. The van der Waals surface area contributed by atoms with Gasteiger partial charge in [0.2, 0.25) is 0 Å². The monoisotopic (exact) mass is 921 g/mol. The molecule has 12 heteroatoms. The summed E-state index contributed by atoms with van der Waals surface area (Å²) in [5.74, 6) is 2.28. The van der Waals surface area contributed by atoms with Crippen molar-refractivity contribution in [1.29, 1.82) is 0 Å². The van der Waals surface area contributed by atoms with Gasteiger partial charge in [-0.05, 0) is 112 Å². The number of nitrogens with zero attached hydrogens (tertiary/aromatic N) is 1. The fourth-order valence-electron chi connectivity index (χ4n) is 12.0. The van der Waals surface area contributed by atoms with Crippen molar-refractivity contribution in [3.8, 4) is 51.0 Å². The molecule has 3 aliphatic rings. The molecule has 0 saturated heterocycles. The molecule has 1 spiro atoms. The molecule has 0 unspecified atom stereocenters. The normalized spacial score (nSPS) is 17.3. The molecule has 6 nitrogen and oxygen atoms in total. The van der Waals surface area contributed by atoms with E-state index in [1.54, 1.807) is 38.5 Å². The largest absolute Gasteiger partial charge is 0.497 e. The number of hydrogen-bond acceptors (Lipinski definition) is 6. The van der Waals surface area contributed by atoms with E-state index in [9.17, 15) is 26.3 Å². The first-order chi connectivity index (χ1) is 31.6. The number of ether oxygens (including phenoxy) is 5. The second kappa shape index (κ2) is 16.2. The first kappa shape index (κ1) is 45.8. The van der Waals surface area contributed by atoms with Gasteiger partial charge in [-0.15, -0.1) is 0 Å². The molecular formula is C55H53F6NO5. The number of methoxy groups -OCH3 is 4. The Bertz CT molecular complexity index is 2820. The van der Waals surface area contributed by atoms with Crippen molar-refractivity contribution in [2.45, 2.75) is 70.3 Å². The number of halogens is 6. The maximum atomic E-state index is 14.7. The minimum Gasteiger partial charge on any atom is -0.497 e. The van der Waals surface area contributed by atoms with Crippen molar-refractivity contribution < 1.29 is 50.0 Å². The molecule has 0 N–H and O–H groups in total. The molecule has 0 radical (unpaired) electrons. The van der Waals surface area contributed by atoms with E-state index in [1.165, 1.54) is 20.3 Å². The van der Waals surface area contributed by atoms with Crippen molar-refractivity contribution >= 4 is 22.5 Å². The van der Waals surface area contributed by atoms with Gasteiger partial charge in [-0.25, -0.2) is 0 Å². The molecule has 2 aliphatic carbocycles. The Morgan fingerprint density at radius 2 is 1.13 bits per heavy atom. The van der Waals surface area contributed by atoms with Gasteiger partial charge in [-0.3, -0.25) is 0 Å². The standard InChI is InChI=1S/C55H53F6NO5/c1-50(2)28-51(3,4)30-52(29-50)44-12-10-9-11-39(44)47-42-27-45(62(31-54(56,57)58)32-55(59,60)61)41(38-22-21-37(65-7)25-46(38)66-8)26-43(42)49-40(48(47)52)23-24-53(67-49,33-13-17-35(63-5)18-14-33)34-15-19-36(64-6)20-16-34/h9-27H,28-32H2,1-8H3. The summed E-state index contributed by atoms with van der Waals surface area (Å²) in [6, 6.07) is 31.2. The van der Waals surface area contributed by atoms with Crippen LogP contribution in [0.5, 0.6) is 28.7 Å². The average Bonchev–Trinajstić information content (AvgIpc) is 3.54. The molecule has 6 aromatic carbocycles. The average molecular weight is 922 g/mol. The molecule has 67 heavy (non-hydrogen) atoms. The summed E-state index contributed by atoms with van der Waals surface area (Å²) < 4.78 is 118. The highest BCUT2D eigenvalue weighted by atomic mass is 19.4. The van der Waals surface area contributed by atoms with E-state index < -0.39 is 36.5 Å². The number of hydrogen-bond donors (Lipinski definition) is 0. The third-order valence-electron chi connectivity index (χ3n) is 13.7. The number of rotatable bonds is 10. The predicted octanol–water partition coefficient (Wildman–Crippen LogP) is 14.3. The molecule has 0 aromatic heterocycles. The quantitative estimate of drug-likeness (QED) is 0.128. The second-order valence-corrected chi connectivity index (χ2v) is 19.7. The van der Waals surface area contributed by atoms with Gasteiger partial charge < -0.3 is 28.6 Å². The van der Waals surface area contributed by atoms with E-state index in [-0.39, 0.29) is 33.4 Å². The summed E-state index contributed by atoms with van der Waals surface area (Å²) in [5.41, 5.74) is 3.83. The molecule has 0 amide bonds. The van der Waals surface area contributed by atoms with Gasteiger partial charge in [0.1, 0.15) is 41.8 Å². The first-order valence-electron chi connectivity index (χ1n) is 22.2. The fraction of sp³-hybridized carbons (Fsp3) is 0.345. The van der Waals surface area contributed by atoms with Gasteiger partial charge in [0.25, 0.3) is 0 Å². The number of anilines is 1. The molecule has 6 aromatic rings. The lowest BCUT2D eigenvalue weighted by Crippen LogP contribution is -2.44. The summed E-state index contributed by atoms with van der Waals surface area (Å²) in [5, 5.41) is 0.967. The van der Waals surface area contributed by atoms with Crippen LogP contribution in [0.3, 0.4) is 0 Å². The zero-order valence-corrected chi connectivity index (χ0v) is 38.8. The van der Waals surface area contributed by atoms with Gasteiger partial charge in [0, 0.05) is 50.4 Å². The van der Waals surface area contributed by atoms with Crippen LogP contribution in [0, 0.1) is 10.8 Å². The number of benzene rings is 6. The highest BCUT2D eigenvalue weighted by Gasteiger charge is 2.56. The molecule has 1 aliphatic heterocycles. The molecule has 0 bridgehead atoms. The third-order valence-corrected chi connectivity index (χ3v) is 13.7. The molecule has 350 valence electrons. The SMILES string of the molecule is COc1ccc(C2(c3ccc(OC)cc3)C=Cc3c4c(c5cc(N(CC(F)(F)F)CC(F)(F)F)c(-c6ccc(OC)cc6OC)cc5c3O2)-c2ccccc2C42CC(C)(C)CC(C)(C)C2)cc1. The van der Waals surface area contributed by atoms with Gasteiger partial charge in [-0.1, -0.05) is 82.3 Å². The van der Waals surface area contributed by atoms with Crippen molar-refractivity contribution in [3.63, 3.8) is 0 Å². The van der Waals surface area contributed by atoms with E-state index in [0.717, 1.165) is 58.2 Å². The minimum atomic E-state index is -5.00. The summed E-state index contributed by atoms with van der Waals surface area (Å²) in [6.07, 6.45) is -3.42. The van der Waals surface area contributed by atoms with Crippen LogP contribution in [0.2, 0.25) is 0 Å². The van der Waals surface area contributed by atoms with Crippen LogP contribution in [-0.2, 0) is 11.0 Å². The highest BCUT2D eigenvalue weighted by Crippen LogP contribution is 2.67. The Hall–Kier alpha value is -6.30. The van der Waals surface area contributed by atoms with Crippen molar-refractivity contribution in [1.82, 2.24) is 0 Å². The summed E-state index contributed by atoms with van der Waals surface area (Å²) in [4.78, 5) is 0.382. The Balaban J connectivity index is 1.46. The Morgan fingerprint density at radius 1 is 0.582 bits per heavy atom. The minimum absolute atomic E-state index is 0.0845. The maximum Gasteiger partial charge on any atom is 0.405 e. The van der Waals surface area contributed by atoms with Gasteiger partial charge >= 0.3 is 12.4 Å². The Labute approximate surface area is 387 Å². The van der Waals surface area contributed by atoms with E-state index in [2.05, 4.69) is 45.9 Å². The van der Waals surface area contributed by atoms with Crippen LogP contribution in [-0.4, -0.2) is 53.9 Å². The highest BCUT2D eigenvalue weighted by molar-refractivity contribution is 6.12. The van der Waals surface area contributed by atoms with Crippen molar-refractivity contribution in [2.24, 2.45) is 10.8 Å². The molecule has 9 rings (SSSR count). The fourth-order valence-corrected chi connectivity index (χ4v) is 12.0. The van der Waals surface area contributed by atoms with Crippen LogP contribution < -0.4 is 28.6 Å². The van der Waals surface area contributed by atoms with Crippen molar-refractivity contribution in [3.05, 3.63) is 137 Å². The van der Waals surface area contributed by atoms with Crippen molar-refractivity contribution in [2.75, 3.05) is 46.4 Å². The van der Waals surface area contributed by atoms with Gasteiger partial charge in [0.15, 0.2) is 5.60 Å². The lowest BCUT2D eigenvalue weighted by Gasteiger charge is -2.52.